The number of alkyl halides is 3. The Labute approximate surface area is 116 Å². The molecule has 110 valence electrons. The fourth-order valence-electron chi connectivity index (χ4n) is 2.99. The van der Waals surface area contributed by atoms with E-state index in [9.17, 15) is 18.0 Å². The molecule has 0 aliphatic carbocycles. The van der Waals surface area contributed by atoms with Gasteiger partial charge < -0.3 is 4.90 Å². The second kappa shape index (κ2) is 5.46. The van der Waals surface area contributed by atoms with Gasteiger partial charge in [0.05, 0.1) is 5.56 Å². The second-order valence-electron chi connectivity index (χ2n) is 5.74. The summed E-state index contributed by atoms with van der Waals surface area (Å²) in [6.07, 6.45) is -2.97. The lowest BCUT2D eigenvalue weighted by Gasteiger charge is -2.37. The summed E-state index contributed by atoms with van der Waals surface area (Å²) < 4.78 is 39.5. The first-order chi connectivity index (χ1) is 9.31. The van der Waals surface area contributed by atoms with Crippen LogP contribution < -0.4 is 4.90 Å². The lowest BCUT2D eigenvalue weighted by molar-refractivity contribution is -0.137. The minimum Gasteiger partial charge on any atom is -0.371 e. The number of hydrogen-bond acceptors (Lipinski definition) is 2. The predicted molar refractivity (Wildman–Crippen MR) is 72.0 cm³/mol. The fraction of sp³-hybridized carbons (Fsp3) is 0.533. The van der Waals surface area contributed by atoms with Crippen LogP contribution in [-0.2, 0) is 6.18 Å². The lowest BCUT2D eigenvalue weighted by atomic mass is 9.91. The SMILES string of the molecule is CC1CC(C)CN(c2ccc(C=O)cc2C(F)(F)F)C1. The van der Waals surface area contributed by atoms with Crippen molar-refractivity contribution in [1.82, 2.24) is 0 Å². The van der Waals surface area contributed by atoms with Crippen LogP contribution in [0.25, 0.3) is 0 Å². The zero-order valence-corrected chi connectivity index (χ0v) is 11.6. The van der Waals surface area contributed by atoms with Crippen LogP contribution in [0.2, 0.25) is 0 Å². The van der Waals surface area contributed by atoms with Gasteiger partial charge in [0.15, 0.2) is 0 Å². The van der Waals surface area contributed by atoms with Crippen molar-refractivity contribution in [2.24, 2.45) is 11.8 Å². The van der Waals surface area contributed by atoms with E-state index in [1.54, 1.807) is 4.90 Å². The molecule has 0 spiro atoms. The van der Waals surface area contributed by atoms with E-state index >= 15 is 0 Å². The first-order valence-corrected chi connectivity index (χ1v) is 6.72. The van der Waals surface area contributed by atoms with E-state index in [1.807, 2.05) is 0 Å². The Morgan fingerprint density at radius 1 is 1.20 bits per heavy atom. The molecule has 2 unspecified atom stereocenters. The Hall–Kier alpha value is -1.52. The van der Waals surface area contributed by atoms with E-state index in [-0.39, 0.29) is 11.3 Å². The molecule has 0 radical (unpaired) electrons. The van der Waals surface area contributed by atoms with Crippen molar-refractivity contribution in [3.8, 4) is 0 Å². The minimum atomic E-state index is -4.45. The zero-order valence-electron chi connectivity index (χ0n) is 11.6. The van der Waals surface area contributed by atoms with E-state index < -0.39 is 11.7 Å². The average Bonchev–Trinajstić information content (AvgIpc) is 2.35. The van der Waals surface area contributed by atoms with Crippen molar-refractivity contribution in [3.63, 3.8) is 0 Å². The molecule has 0 bridgehead atoms. The maximum absolute atomic E-state index is 13.2. The molecule has 0 amide bonds. The monoisotopic (exact) mass is 285 g/mol. The van der Waals surface area contributed by atoms with Gasteiger partial charge in [-0.1, -0.05) is 13.8 Å². The summed E-state index contributed by atoms with van der Waals surface area (Å²) in [5.41, 5.74) is -0.482. The van der Waals surface area contributed by atoms with Gasteiger partial charge in [-0.3, -0.25) is 4.79 Å². The quantitative estimate of drug-likeness (QED) is 0.765. The van der Waals surface area contributed by atoms with Gasteiger partial charge in [-0.2, -0.15) is 13.2 Å². The maximum atomic E-state index is 13.2. The molecule has 2 nitrogen and oxygen atoms in total. The molecule has 1 fully saturated rings. The summed E-state index contributed by atoms with van der Waals surface area (Å²) in [7, 11) is 0. The molecule has 20 heavy (non-hydrogen) atoms. The Kier molecular flexibility index (Phi) is 4.06. The van der Waals surface area contributed by atoms with Crippen LogP contribution >= 0.6 is 0 Å². The van der Waals surface area contributed by atoms with E-state index in [1.165, 1.54) is 12.1 Å². The molecular weight excluding hydrogens is 267 g/mol. The Morgan fingerprint density at radius 2 is 1.80 bits per heavy atom. The van der Waals surface area contributed by atoms with Crippen LogP contribution in [0.5, 0.6) is 0 Å². The van der Waals surface area contributed by atoms with E-state index in [0.29, 0.717) is 31.2 Å². The Balaban J connectivity index is 2.42. The Morgan fingerprint density at radius 3 is 2.30 bits per heavy atom. The van der Waals surface area contributed by atoms with Crippen molar-refractivity contribution >= 4 is 12.0 Å². The van der Waals surface area contributed by atoms with Crippen LogP contribution in [0.3, 0.4) is 0 Å². The molecule has 5 heteroatoms. The van der Waals surface area contributed by atoms with Crippen LogP contribution in [0.15, 0.2) is 18.2 Å². The van der Waals surface area contributed by atoms with Gasteiger partial charge in [0, 0.05) is 24.3 Å². The molecule has 1 aliphatic rings. The highest BCUT2D eigenvalue weighted by molar-refractivity contribution is 5.77. The highest BCUT2D eigenvalue weighted by Gasteiger charge is 2.36. The Bertz CT molecular complexity index is 488. The molecule has 2 rings (SSSR count). The standard InChI is InChI=1S/C15H18F3NO/c1-10-5-11(2)8-19(7-10)14-4-3-12(9-20)6-13(14)15(16,17)18/h3-4,6,9-11H,5,7-8H2,1-2H3. The summed E-state index contributed by atoms with van der Waals surface area (Å²) >= 11 is 0. The van der Waals surface area contributed by atoms with Gasteiger partial charge in [0.2, 0.25) is 0 Å². The minimum absolute atomic E-state index is 0.0548. The van der Waals surface area contributed by atoms with Crippen LogP contribution in [-0.4, -0.2) is 19.4 Å². The van der Waals surface area contributed by atoms with Gasteiger partial charge in [0.25, 0.3) is 0 Å². The number of hydrogen-bond donors (Lipinski definition) is 0. The van der Waals surface area contributed by atoms with Gasteiger partial charge in [-0.05, 0) is 36.5 Å². The molecule has 2 atom stereocenters. The lowest BCUT2D eigenvalue weighted by Crippen LogP contribution is -2.39. The number of aldehydes is 1. The van der Waals surface area contributed by atoms with E-state index in [4.69, 9.17) is 0 Å². The average molecular weight is 285 g/mol. The van der Waals surface area contributed by atoms with Crippen LogP contribution in [0.4, 0.5) is 18.9 Å². The second-order valence-corrected chi connectivity index (χ2v) is 5.74. The van der Waals surface area contributed by atoms with Crippen LogP contribution in [0.1, 0.15) is 36.2 Å². The van der Waals surface area contributed by atoms with Crippen LogP contribution in [0, 0.1) is 11.8 Å². The first-order valence-electron chi connectivity index (χ1n) is 6.72. The van der Waals surface area contributed by atoms with E-state index in [0.717, 1.165) is 12.5 Å². The number of rotatable bonds is 2. The van der Waals surface area contributed by atoms with Gasteiger partial charge in [-0.15, -0.1) is 0 Å². The first kappa shape index (κ1) is 14.9. The topological polar surface area (TPSA) is 20.3 Å². The van der Waals surface area contributed by atoms with Gasteiger partial charge in [-0.25, -0.2) is 0 Å². The molecule has 1 aliphatic heterocycles. The van der Waals surface area contributed by atoms with Crippen molar-refractivity contribution in [1.29, 1.82) is 0 Å². The number of benzene rings is 1. The normalized spacial score (nSPS) is 23.8. The van der Waals surface area contributed by atoms with Crippen molar-refractivity contribution in [2.75, 3.05) is 18.0 Å². The highest BCUT2D eigenvalue weighted by atomic mass is 19.4. The third-order valence-electron chi connectivity index (χ3n) is 3.67. The largest absolute Gasteiger partial charge is 0.418 e. The molecule has 0 aromatic heterocycles. The van der Waals surface area contributed by atoms with Crippen molar-refractivity contribution in [2.45, 2.75) is 26.4 Å². The summed E-state index contributed by atoms with van der Waals surface area (Å²) in [5.74, 6) is 0.733. The van der Waals surface area contributed by atoms with Crippen molar-refractivity contribution < 1.29 is 18.0 Å². The number of halogens is 3. The number of anilines is 1. The summed E-state index contributed by atoms with van der Waals surface area (Å²) in [6.45, 7) is 5.34. The number of nitrogens with zero attached hydrogens (tertiary/aromatic N) is 1. The predicted octanol–water partition coefficient (Wildman–Crippen LogP) is 4.00. The maximum Gasteiger partial charge on any atom is 0.418 e. The molecule has 1 aromatic carbocycles. The number of carbonyl (C=O) groups is 1. The summed E-state index contributed by atoms with van der Waals surface area (Å²) in [5, 5.41) is 0. The molecule has 1 aromatic rings. The smallest absolute Gasteiger partial charge is 0.371 e. The molecule has 1 saturated heterocycles. The molecular formula is C15H18F3NO. The zero-order chi connectivity index (χ0) is 14.9. The third-order valence-corrected chi connectivity index (χ3v) is 3.67. The number of piperidine rings is 1. The third kappa shape index (κ3) is 3.14. The van der Waals surface area contributed by atoms with E-state index in [2.05, 4.69) is 13.8 Å². The molecule has 0 N–H and O–H groups in total. The van der Waals surface area contributed by atoms with Gasteiger partial charge >= 0.3 is 6.18 Å². The summed E-state index contributed by atoms with van der Waals surface area (Å²) in [4.78, 5) is 12.5. The molecule has 0 saturated carbocycles. The highest BCUT2D eigenvalue weighted by Crippen LogP contribution is 2.39. The number of carbonyl (C=O) groups excluding carboxylic acids is 1. The van der Waals surface area contributed by atoms with Crippen molar-refractivity contribution in [3.05, 3.63) is 29.3 Å². The molecule has 1 heterocycles. The van der Waals surface area contributed by atoms with Gasteiger partial charge in [0.1, 0.15) is 6.29 Å². The summed E-state index contributed by atoms with van der Waals surface area (Å²) in [6, 6.07) is 3.80. The fourth-order valence-corrected chi connectivity index (χ4v) is 2.99.